The highest BCUT2D eigenvalue weighted by Gasteiger charge is 2.39. The van der Waals surface area contributed by atoms with Gasteiger partial charge in [-0.2, -0.15) is 5.26 Å². The second-order valence-electron chi connectivity index (χ2n) is 6.33. The quantitative estimate of drug-likeness (QED) is 0.796. The third-order valence-electron chi connectivity index (χ3n) is 4.80. The third-order valence-corrected chi connectivity index (χ3v) is 4.80. The molecule has 130 valence electrons. The Kier molecular flexibility index (Phi) is 4.70. The number of carbonyl (C=O) groups excluding carboxylic acids is 2. The van der Waals surface area contributed by atoms with Crippen molar-refractivity contribution in [3.8, 4) is 6.07 Å². The summed E-state index contributed by atoms with van der Waals surface area (Å²) >= 11 is 0. The van der Waals surface area contributed by atoms with Gasteiger partial charge in [-0.1, -0.05) is 25.3 Å². The first kappa shape index (κ1) is 17.0. The molecule has 0 spiro atoms. The van der Waals surface area contributed by atoms with E-state index in [1.165, 1.54) is 4.90 Å². The number of rotatable bonds is 4. The number of esters is 1. The molecule has 0 bridgehead atoms. The minimum absolute atomic E-state index is 0.148. The van der Waals surface area contributed by atoms with Crippen LogP contribution < -0.4 is 0 Å². The molecule has 7 heteroatoms. The Morgan fingerprint density at radius 3 is 2.80 bits per heavy atom. The van der Waals surface area contributed by atoms with Crippen molar-refractivity contribution >= 4 is 17.5 Å². The van der Waals surface area contributed by atoms with Crippen molar-refractivity contribution in [2.24, 2.45) is 0 Å². The van der Waals surface area contributed by atoms with E-state index in [0.717, 1.165) is 19.3 Å². The summed E-state index contributed by atoms with van der Waals surface area (Å²) in [6.07, 6.45) is 7.58. The van der Waals surface area contributed by atoms with E-state index in [-0.39, 0.29) is 11.6 Å². The third kappa shape index (κ3) is 3.33. The Morgan fingerprint density at radius 2 is 2.12 bits per heavy atom. The molecular weight excluding hydrogens is 320 g/mol. The highest BCUT2D eigenvalue weighted by atomic mass is 16.5. The Labute approximate surface area is 145 Å². The molecule has 2 heterocycles. The highest BCUT2D eigenvalue weighted by Crippen LogP contribution is 2.32. The Balaban J connectivity index is 1.63. The van der Waals surface area contributed by atoms with Crippen LogP contribution in [0.25, 0.3) is 5.65 Å². The average Bonchev–Trinajstić information content (AvgIpc) is 3.10. The minimum atomic E-state index is -0.787. The van der Waals surface area contributed by atoms with Crippen molar-refractivity contribution in [3.05, 3.63) is 36.3 Å². The van der Waals surface area contributed by atoms with Gasteiger partial charge >= 0.3 is 5.97 Å². The molecule has 0 atom stereocenters. The largest absolute Gasteiger partial charge is 0.451 e. The number of aromatic nitrogens is 2. The van der Waals surface area contributed by atoms with Crippen LogP contribution in [0.1, 0.15) is 42.6 Å². The zero-order chi connectivity index (χ0) is 17.9. The SMILES string of the molecule is CN(C(=O)COC(=O)c1cn2ccccc2n1)C1(C#N)CCCCC1. The number of likely N-dealkylation sites (N-methyl/N-ethyl adjacent to an activating group) is 1. The van der Waals surface area contributed by atoms with Crippen molar-refractivity contribution in [1.82, 2.24) is 14.3 Å². The minimum Gasteiger partial charge on any atom is -0.451 e. The predicted molar refractivity (Wildman–Crippen MR) is 89.7 cm³/mol. The van der Waals surface area contributed by atoms with Crippen LogP contribution in [0, 0.1) is 11.3 Å². The van der Waals surface area contributed by atoms with Crippen molar-refractivity contribution in [1.29, 1.82) is 5.26 Å². The normalized spacial score (nSPS) is 16.2. The van der Waals surface area contributed by atoms with Gasteiger partial charge in [0.15, 0.2) is 12.3 Å². The summed E-state index contributed by atoms with van der Waals surface area (Å²) in [6.45, 7) is -0.396. The summed E-state index contributed by atoms with van der Waals surface area (Å²) in [5.74, 6) is -1.03. The number of hydrogen-bond acceptors (Lipinski definition) is 5. The topological polar surface area (TPSA) is 87.7 Å². The summed E-state index contributed by atoms with van der Waals surface area (Å²) < 4.78 is 6.81. The van der Waals surface area contributed by atoms with Crippen LogP contribution >= 0.6 is 0 Å². The van der Waals surface area contributed by atoms with Crippen LogP contribution in [-0.4, -0.2) is 45.4 Å². The molecule has 0 saturated heterocycles. The van der Waals surface area contributed by atoms with E-state index in [4.69, 9.17) is 4.74 Å². The number of imidazole rings is 1. The monoisotopic (exact) mass is 340 g/mol. The fraction of sp³-hybridized carbons (Fsp3) is 0.444. The lowest BCUT2D eigenvalue weighted by molar-refractivity contribution is -0.138. The highest BCUT2D eigenvalue weighted by molar-refractivity contribution is 5.90. The van der Waals surface area contributed by atoms with Gasteiger partial charge in [-0.15, -0.1) is 0 Å². The molecule has 1 aliphatic rings. The predicted octanol–water partition coefficient (Wildman–Crippen LogP) is 2.18. The van der Waals surface area contributed by atoms with Crippen LogP contribution in [0.3, 0.4) is 0 Å². The fourth-order valence-electron chi connectivity index (χ4n) is 3.23. The molecule has 0 aromatic carbocycles. The fourth-order valence-corrected chi connectivity index (χ4v) is 3.23. The van der Waals surface area contributed by atoms with Gasteiger partial charge in [0, 0.05) is 19.4 Å². The first-order valence-corrected chi connectivity index (χ1v) is 8.34. The molecule has 0 unspecified atom stereocenters. The van der Waals surface area contributed by atoms with Gasteiger partial charge in [-0.25, -0.2) is 9.78 Å². The number of pyridine rings is 1. The van der Waals surface area contributed by atoms with Gasteiger partial charge in [-0.3, -0.25) is 4.79 Å². The van der Waals surface area contributed by atoms with Gasteiger partial charge in [0.1, 0.15) is 11.2 Å². The van der Waals surface area contributed by atoms with Crippen molar-refractivity contribution < 1.29 is 14.3 Å². The van der Waals surface area contributed by atoms with Gasteiger partial charge < -0.3 is 14.0 Å². The van der Waals surface area contributed by atoms with E-state index < -0.39 is 18.1 Å². The van der Waals surface area contributed by atoms with Crippen LogP contribution in [0.5, 0.6) is 0 Å². The molecular formula is C18H20N4O3. The number of carbonyl (C=O) groups is 2. The second kappa shape index (κ2) is 6.93. The molecule has 1 aliphatic carbocycles. The average molecular weight is 340 g/mol. The summed E-state index contributed by atoms with van der Waals surface area (Å²) in [5, 5.41) is 9.53. The Hall–Kier alpha value is -2.88. The van der Waals surface area contributed by atoms with Gasteiger partial charge in [0.25, 0.3) is 5.91 Å². The van der Waals surface area contributed by atoms with E-state index in [1.807, 2.05) is 12.1 Å². The molecule has 2 aromatic heterocycles. The standard InChI is InChI=1S/C18H20N4O3/c1-21(18(13-19)8-4-2-5-9-18)16(23)12-25-17(24)14-11-22-10-6-3-7-15(22)20-14/h3,6-7,10-11H,2,4-5,8-9,12H2,1H3. The molecule has 0 N–H and O–H groups in total. The van der Waals surface area contributed by atoms with Gasteiger partial charge in [0.2, 0.25) is 0 Å². The lowest BCUT2D eigenvalue weighted by Crippen LogP contribution is -2.51. The van der Waals surface area contributed by atoms with Crippen molar-refractivity contribution in [2.75, 3.05) is 13.7 Å². The Morgan fingerprint density at radius 1 is 1.36 bits per heavy atom. The maximum atomic E-state index is 12.4. The molecule has 2 aromatic rings. The van der Waals surface area contributed by atoms with E-state index in [9.17, 15) is 14.9 Å². The second-order valence-corrected chi connectivity index (χ2v) is 6.33. The van der Waals surface area contributed by atoms with E-state index in [0.29, 0.717) is 18.5 Å². The van der Waals surface area contributed by atoms with Crippen molar-refractivity contribution in [3.63, 3.8) is 0 Å². The molecule has 0 aliphatic heterocycles. The lowest BCUT2D eigenvalue weighted by atomic mass is 9.81. The summed E-state index contributed by atoms with van der Waals surface area (Å²) in [7, 11) is 1.61. The smallest absolute Gasteiger partial charge is 0.359 e. The van der Waals surface area contributed by atoms with Crippen LogP contribution in [0.15, 0.2) is 30.6 Å². The zero-order valence-electron chi connectivity index (χ0n) is 14.1. The maximum Gasteiger partial charge on any atom is 0.359 e. The maximum absolute atomic E-state index is 12.4. The Bertz CT molecular complexity index is 797. The van der Waals surface area contributed by atoms with E-state index in [2.05, 4.69) is 11.1 Å². The van der Waals surface area contributed by atoms with Gasteiger partial charge in [0.05, 0.1) is 6.07 Å². The number of ether oxygens (including phenoxy) is 1. The lowest BCUT2D eigenvalue weighted by Gasteiger charge is -2.38. The molecule has 1 fully saturated rings. The molecule has 1 saturated carbocycles. The van der Waals surface area contributed by atoms with Crippen molar-refractivity contribution in [2.45, 2.75) is 37.6 Å². The van der Waals surface area contributed by atoms with Crippen LogP contribution in [0.2, 0.25) is 0 Å². The molecule has 25 heavy (non-hydrogen) atoms. The summed E-state index contributed by atoms with van der Waals surface area (Å²) in [5.41, 5.74) is -0.0111. The number of nitriles is 1. The first-order chi connectivity index (χ1) is 12.1. The van der Waals surface area contributed by atoms with E-state index >= 15 is 0 Å². The number of amides is 1. The first-order valence-electron chi connectivity index (χ1n) is 8.34. The molecule has 3 rings (SSSR count). The van der Waals surface area contributed by atoms with E-state index in [1.54, 1.807) is 29.9 Å². The number of nitrogens with zero attached hydrogens (tertiary/aromatic N) is 4. The van der Waals surface area contributed by atoms with Crippen LogP contribution in [0.4, 0.5) is 0 Å². The van der Waals surface area contributed by atoms with Crippen LogP contribution in [-0.2, 0) is 9.53 Å². The number of fused-ring (bicyclic) bond motifs is 1. The number of hydrogen-bond donors (Lipinski definition) is 0. The molecule has 1 amide bonds. The summed E-state index contributed by atoms with van der Waals surface area (Å²) in [6, 6.07) is 7.71. The summed E-state index contributed by atoms with van der Waals surface area (Å²) in [4.78, 5) is 30.1. The zero-order valence-corrected chi connectivity index (χ0v) is 14.1. The molecule has 0 radical (unpaired) electrons. The molecule has 7 nitrogen and oxygen atoms in total. The van der Waals surface area contributed by atoms with Gasteiger partial charge in [-0.05, 0) is 25.0 Å².